The fourth-order valence-electron chi connectivity index (χ4n) is 1.60. The summed E-state index contributed by atoms with van der Waals surface area (Å²) in [5.74, 6) is 0.954. The summed E-state index contributed by atoms with van der Waals surface area (Å²) in [6.45, 7) is 1.94. The van der Waals surface area contributed by atoms with Gasteiger partial charge in [0.25, 0.3) is 6.43 Å². The third-order valence-corrected chi connectivity index (χ3v) is 3.47. The minimum absolute atomic E-state index is 0.215. The Hall–Kier alpha value is -1.69. The first-order valence-electron chi connectivity index (χ1n) is 5.62. The van der Waals surface area contributed by atoms with Crippen LogP contribution in [-0.4, -0.2) is 12.1 Å². The molecule has 0 unspecified atom stereocenters. The highest BCUT2D eigenvalue weighted by Gasteiger charge is 2.16. The van der Waals surface area contributed by atoms with E-state index in [2.05, 4.69) is 4.98 Å². The number of hydrogen-bond acceptors (Lipinski definition) is 4. The summed E-state index contributed by atoms with van der Waals surface area (Å²) < 4.78 is 35.7. The zero-order chi connectivity index (χ0) is 13.8. The van der Waals surface area contributed by atoms with Gasteiger partial charge in [0.05, 0.1) is 12.0 Å². The summed E-state index contributed by atoms with van der Waals surface area (Å²) in [6.07, 6.45) is -2.56. The molecule has 102 valence electrons. The maximum absolute atomic E-state index is 12.5. The minimum Gasteiger partial charge on any atom is -0.496 e. The predicted octanol–water partition coefficient (Wildman–Crippen LogP) is 3.98. The Bertz CT molecular complexity index is 557. The van der Waals surface area contributed by atoms with Gasteiger partial charge in [0.1, 0.15) is 12.4 Å². The summed E-state index contributed by atoms with van der Waals surface area (Å²) in [4.78, 5) is 4.43. The number of thiazole rings is 1. The second-order valence-corrected chi connectivity index (χ2v) is 5.05. The summed E-state index contributed by atoms with van der Waals surface area (Å²) in [5, 5.41) is -0.215. The van der Waals surface area contributed by atoms with Gasteiger partial charge in [-0.05, 0) is 13.0 Å². The largest absolute Gasteiger partial charge is 0.496 e. The van der Waals surface area contributed by atoms with Gasteiger partial charge in [-0.2, -0.15) is 0 Å². The summed E-state index contributed by atoms with van der Waals surface area (Å²) in [7, 11) is 1.57. The quantitative estimate of drug-likeness (QED) is 0.832. The van der Waals surface area contributed by atoms with Gasteiger partial charge in [-0.1, -0.05) is 18.2 Å². The van der Waals surface area contributed by atoms with E-state index in [9.17, 15) is 8.78 Å². The van der Waals surface area contributed by atoms with Crippen LogP contribution < -0.4 is 9.47 Å². The maximum Gasteiger partial charge on any atom is 0.289 e. The Labute approximate surface area is 113 Å². The topological polar surface area (TPSA) is 31.4 Å². The highest BCUT2D eigenvalue weighted by atomic mass is 32.1. The molecule has 0 saturated heterocycles. The second-order valence-electron chi connectivity index (χ2n) is 3.81. The van der Waals surface area contributed by atoms with Gasteiger partial charge in [-0.15, -0.1) is 11.3 Å². The van der Waals surface area contributed by atoms with Gasteiger partial charge >= 0.3 is 0 Å². The van der Waals surface area contributed by atoms with E-state index in [4.69, 9.17) is 9.47 Å². The molecule has 1 aromatic heterocycles. The van der Waals surface area contributed by atoms with E-state index in [-0.39, 0.29) is 17.5 Å². The molecule has 0 fully saturated rings. The fourth-order valence-corrected chi connectivity index (χ4v) is 2.32. The second kappa shape index (κ2) is 5.97. The van der Waals surface area contributed by atoms with Crippen LogP contribution in [0.3, 0.4) is 0 Å². The number of aryl methyl sites for hydroxylation is 1. The van der Waals surface area contributed by atoms with Crippen molar-refractivity contribution in [3.8, 4) is 11.6 Å². The standard InChI is InChI=1S/C13H13F2NO2S/c1-8-12(16-13(19-8)11(14)15)18-7-9-5-3-4-6-10(9)17-2/h3-6,11H,7H2,1-2H3. The first kappa shape index (κ1) is 13.7. The lowest BCUT2D eigenvalue weighted by Gasteiger charge is -2.08. The number of hydrogen-bond donors (Lipinski definition) is 0. The number of para-hydroxylation sites is 1. The minimum atomic E-state index is -2.56. The Balaban J connectivity index is 2.10. The summed E-state index contributed by atoms with van der Waals surface area (Å²) in [5.41, 5.74) is 0.844. The lowest BCUT2D eigenvalue weighted by molar-refractivity contribution is 0.149. The molecule has 0 radical (unpaired) electrons. The molecule has 0 saturated carbocycles. The lowest BCUT2D eigenvalue weighted by atomic mass is 10.2. The van der Waals surface area contributed by atoms with E-state index in [0.29, 0.717) is 10.6 Å². The van der Waals surface area contributed by atoms with Gasteiger partial charge in [0, 0.05) is 5.56 Å². The van der Waals surface area contributed by atoms with Crippen molar-refractivity contribution < 1.29 is 18.3 Å². The number of ether oxygens (including phenoxy) is 2. The van der Waals surface area contributed by atoms with Crippen LogP contribution >= 0.6 is 11.3 Å². The van der Waals surface area contributed by atoms with E-state index >= 15 is 0 Å². The zero-order valence-electron chi connectivity index (χ0n) is 10.5. The van der Waals surface area contributed by atoms with Crippen molar-refractivity contribution in [3.63, 3.8) is 0 Å². The van der Waals surface area contributed by atoms with Crippen molar-refractivity contribution in [3.05, 3.63) is 39.7 Å². The molecule has 0 atom stereocenters. The third kappa shape index (κ3) is 3.20. The van der Waals surface area contributed by atoms with Gasteiger partial charge in [0.15, 0.2) is 5.01 Å². The molecule has 1 heterocycles. The number of alkyl halides is 2. The van der Waals surface area contributed by atoms with Crippen molar-refractivity contribution in [1.29, 1.82) is 0 Å². The average Bonchev–Trinajstić information content (AvgIpc) is 2.78. The number of halogens is 2. The van der Waals surface area contributed by atoms with Crippen LogP contribution in [0.2, 0.25) is 0 Å². The van der Waals surface area contributed by atoms with Crippen LogP contribution in [0.15, 0.2) is 24.3 Å². The van der Waals surface area contributed by atoms with E-state index in [1.165, 1.54) is 0 Å². The molecule has 2 rings (SSSR count). The first-order chi connectivity index (χ1) is 9.11. The van der Waals surface area contributed by atoms with Crippen LogP contribution in [0, 0.1) is 6.92 Å². The smallest absolute Gasteiger partial charge is 0.289 e. The van der Waals surface area contributed by atoms with Crippen LogP contribution in [0.1, 0.15) is 21.9 Å². The van der Waals surface area contributed by atoms with E-state index in [0.717, 1.165) is 16.9 Å². The number of benzene rings is 1. The van der Waals surface area contributed by atoms with E-state index in [1.807, 2.05) is 24.3 Å². The highest BCUT2D eigenvalue weighted by molar-refractivity contribution is 7.11. The molecule has 1 aromatic carbocycles. The van der Waals surface area contributed by atoms with Crippen molar-refractivity contribution in [2.75, 3.05) is 7.11 Å². The molecular weight excluding hydrogens is 272 g/mol. The molecule has 0 bridgehead atoms. The fraction of sp³-hybridized carbons (Fsp3) is 0.308. The van der Waals surface area contributed by atoms with Crippen LogP contribution in [0.4, 0.5) is 8.78 Å². The predicted molar refractivity (Wildman–Crippen MR) is 69.1 cm³/mol. The van der Waals surface area contributed by atoms with Crippen molar-refractivity contribution in [2.45, 2.75) is 20.0 Å². The van der Waals surface area contributed by atoms with Crippen molar-refractivity contribution in [2.24, 2.45) is 0 Å². The number of methoxy groups -OCH3 is 1. The Morgan fingerprint density at radius 3 is 2.68 bits per heavy atom. The van der Waals surface area contributed by atoms with Crippen molar-refractivity contribution in [1.82, 2.24) is 4.98 Å². The molecule has 0 N–H and O–H groups in total. The number of aromatic nitrogens is 1. The summed E-state index contributed by atoms with van der Waals surface area (Å²) >= 11 is 0.950. The van der Waals surface area contributed by atoms with Gasteiger partial charge in [-0.3, -0.25) is 0 Å². The Morgan fingerprint density at radius 1 is 1.32 bits per heavy atom. The molecular formula is C13H13F2NO2S. The third-order valence-electron chi connectivity index (χ3n) is 2.51. The van der Waals surface area contributed by atoms with Crippen LogP contribution in [-0.2, 0) is 6.61 Å². The first-order valence-corrected chi connectivity index (χ1v) is 6.43. The van der Waals surface area contributed by atoms with E-state index in [1.54, 1.807) is 14.0 Å². The highest BCUT2D eigenvalue weighted by Crippen LogP contribution is 2.31. The molecule has 0 aliphatic heterocycles. The molecule has 0 aliphatic rings. The summed E-state index contributed by atoms with van der Waals surface area (Å²) in [6, 6.07) is 7.39. The Morgan fingerprint density at radius 2 is 2.05 bits per heavy atom. The normalized spacial score (nSPS) is 10.8. The molecule has 19 heavy (non-hydrogen) atoms. The average molecular weight is 285 g/mol. The number of nitrogens with zero attached hydrogens (tertiary/aromatic N) is 1. The lowest BCUT2D eigenvalue weighted by Crippen LogP contribution is -1.99. The van der Waals surface area contributed by atoms with Gasteiger partial charge in [0.2, 0.25) is 5.88 Å². The van der Waals surface area contributed by atoms with Gasteiger partial charge < -0.3 is 9.47 Å². The van der Waals surface area contributed by atoms with Crippen LogP contribution in [0.5, 0.6) is 11.6 Å². The van der Waals surface area contributed by atoms with Gasteiger partial charge in [-0.25, -0.2) is 13.8 Å². The molecule has 6 heteroatoms. The maximum atomic E-state index is 12.5. The molecule has 0 aliphatic carbocycles. The van der Waals surface area contributed by atoms with Crippen molar-refractivity contribution >= 4 is 11.3 Å². The Kier molecular flexibility index (Phi) is 4.31. The molecule has 2 aromatic rings. The molecule has 0 spiro atoms. The SMILES string of the molecule is COc1ccccc1COc1nc(C(F)F)sc1C. The molecule has 3 nitrogen and oxygen atoms in total. The zero-order valence-corrected chi connectivity index (χ0v) is 11.3. The van der Waals surface area contributed by atoms with E-state index < -0.39 is 6.43 Å². The number of rotatable bonds is 5. The van der Waals surface area contributed by atoms with Crippen LogP contribution in [0.25, 0.3) is 0 Å². The monoisotopic (exact) mass is 285 g/mol. The molecule has 0 amide bonds.